The zero-order chi connectivity index (χ0) is 14.4. The average molecular weight is 287 g/mol. The van der Waals surface area contributed by atoms with Crippen LogP contribution in [-0.2, 0) is 4.57 Å². The molecule has 0 atom stereocenters. The number of nitrogens with zero attached hydrogens (tertiary/aromatic N) is 1. The molecule has 0 unspecified atom stereocenters. The van der Waals surface area contributed by atoms with E-state index in [0.717, 1.165) is 10.6 Å². The topological polar surface area (TPSA) is 49.7 Å². The van der Waals surface area contributed by atoms with Crippen molar-refractivity contribution in [3.63, 3.8) is 0 Å². The summed E-state index contributed by atoms with van der Waals surface area (Å²) in [6, 6.07) is 18.8. The summed E-state index contributed by atoms with van der Waals surface area (Å²) < 4.78 is 13.6. The van der Waals surface area contributed by atoms with Crippen LogP contribution in [0.2, 0.25) is 0 Å². The van der Waals surface area contributed by atoms with Crippen LogP contribution in [0.5, 0.6) is 0 Å². The van der Waals surface area contributed by atoms with E-state index in [2.05, 4.69) is 5.16 Å². The summed E-state index contributed by atoms with van der Waals surface area (Å²) in [5.41, 5.74) is 0.557. The summed E-state index contributed by atoms with van der Waals surface area (Å²) in [6.07, 6.45) is 0.855. The van der Waals surface area contributed by atoms with E-state index >= 15 is 0 Å². The Hall–Kier alpha value is -1.86. The van der Waals surface area contributed by atoms with E-state index in [1.54, 1.807) is 0 Å². The Labute approximate surface area is 119 Å². The first kappa shape index (κ1) is 14.5. The van der Waals surface area contributed by atoms with E-state index < -0.39 is 7.14 Å². The van der Waals surface area contributed by atoms with Gasteiger partial charge in [0.2, 0.25) is 0 Å². The third-order valence-electron chi connectivity index (χ3n) is 3.30. The van der Waals surface area contributed by atoms with Gasteiger partial charge in [-0.25, -0.2) is 0 Å². The fourth-order valence-corrected chi connectivity index (χ4v) is 4.91. The van der Waals surface area contributed by atoms with Crippen molar-refractivity contribution in [3.05, 3.63) is 60.7 Å². The van der Waals surface area contributed by atoms with Crippen LogP contribution >= 0.6 is 7.14 Å². The maximum absolute atomic E-state index is 13.6. The van der Waals surface area contributed by atoms with E-state index in [0.29, 0.717) is 12.1 Å². The van der Waals surface area contributed by atoms with E-state index in [4.69, 9.17) is 5.21 Å². The molecule has 0 aliphatic carbocycles. The van der Waals surface area contributed by atoms with Crippen LogP contribution in [0.25, 0.3) is 0 Å². The second-order valence-electron chi connectivity index (χ2n) is 4.59. The van der Waals surface area contributed by atoms with Crippen molar-refractivity contribution >= 4 is 23.5 Å². The first-order valence-electron chi connectivity index (χ1n) is 6.61. The van der Waals surface area contributed by atoms with E-state index in [9.17, 15) is 4.57 Å². The number of benzene rings is 2. The van der Waals surface area contributed by atoms with Crippen LogP contribution in [0.4, 0.5) is 0 Å². The highest BCUT2D eigenvalue weighted by Gasteiger charge is 2.28. The molecule has 0 radical (unpaired) electrons. The number of hydrogen-bond donors (Lipinski definition) is 1. The van der Waals surface area contributed by atoms with E-state index in [1.807, 2.05) is 67.6 Å². The van der Waals surface area contributed by atoms with Gasteiger partial charge >= 0.3 is 0 Å². The highest BCUT2D eigenvalue weighted by atomic mass is 31.2. The summed E-state index contributed by atoms with van der Waals surface area (Å²) in [7, 11) is -2.80. The molecule has 0 heterocycles. The van der Waals surface area contributed by atoms with Gasteiger partial charge < -0.3 is 9.77 Å². The average Bonchev–Trinajstić information content (AvgIpc) is 2.54. The predicted octanol–water partition coefficient (Wildman–Crippen LogP) is 3.24. The fraction of sp³-hybridized carbons (Fsp3) is 0.188. The predicted molar refractivity (Wildman–Crippen MR) is 84.1 cm³/mol. The van der Waals surface area contributed by atoms with Crippen molar-refractivity contribution in [1.82, 2.24) is 0 Å². The van der Waals surface area contributed by atoms with Gasteiger partial charge in [0.15, 0.2) is 0 Å². The summed E-state index contributed by atoms with van der Waals surface area (Å²) in [5.74, 6) is 0. The fourth-order valence-electron chi connectivity index (χ4n) is 2.14. The Morgan fingerprint density at radius 2 is 1.45 bits per heavy atom. The van der Waals surface area contributed by atoms with Crippen LogP contribution in [0.3, 0.4) is 0 Å². The number of rotatable bonds is 5. The second kappa shape index (κ2) is 6.53. The van der Waals surface area contributed by atoms with Gasteiger partial charge in [0, 0.05) is 10.6 Å². The molecule has 0 aliphatic heterocycles. The highest BCUT2D eigenvalue weighted by Crippen LogP contribution is 2.43. The molecule has 4 heteroatoms. The largest absolute Gasteiger partial charge is 0.411 e. The van der Waals surface area contributed by atoms with Crippen LogP contribution in [0.1, 0.15) is 13.3 Å². The van der Waals surface area contributed by atoms with Crippen molar-refractivity contribution in [2.45, 2.75) is 13.3 Å². The Balaban J connectivity index is 2.53. The zero-order valence-electron chi connectivity index (χ0n) is 11.4. The lowest BCUT2D eigenvalue weighted by Crippen LogP contribution is -2.22. The molecule has 0 aromatic heterocycles. The molecule has 0 amide bonds. The molecule has 0 aliphatic rings. The Kier molecular flexibility index (Phi) is 4.75. The van der Waals surface area contributed by atoms with Crippen LogP contribution < -0.4 is 10.6 Å². The Bertz CT molecular complexity index is 580. The maximum Gasteiger partial charge on any atom is 0.148 e. The molecule has 2 aromatic carbocycles. The normalized spacial score (nSPS) is 12.3. The monoisotopic (exact) mass is 287 g/mol. The minimum Gasteiger partial charge on any atom is -0.411 e. The summed E-state index contributed by atoms with van der Waals surface area (Å²) in [5, 5.41) is 13.9. The molecule has 1 N–H and O–H groups in total. The molecule has 0 saturated carbocycles. The van der Waals surface area contributed by atoms with Crippen LogP contribution in [0.15, 0.2) is 65.8 Å². The Morgan fingerprint density at radius 1 is 1.00 bits per heavy atom. The molecular weight excluding hydrogens is 269 g/mol. The lowest BCUT2D eigenvalue weighted by Gasteiger charge is -2.19. The first-order valence-corrected chi connectivity index (χ1v) is 8.50. The molecule has 0 spiro atoms. The van der Waals surface area contributed by atoms with Crippen molar-refractivity contribution in [1.29, 1.82) is 0 Å². The molecular formula is C16H18NO2P. The van der Waals surface area contributed by atoms with Gasteiger partial charge in [-0.15, -0.1) is 0 Å². The van der Waals surface area contributed by atoms with Gasteiger partial charge in [-0.1, -0.05) is 72.7 Å². The van der Waals surface area contributed by atoms with Gasteiger partial charge in [0.25, 0.3) is 0 Å². The minimum atomic E-state index is -2.80. The maximum atomic E-state index is 13.6. The lowest BCUT2D eigenvalue weighted by molar-refractivity contribution is 0.317. The molecule has 2 rings (SSSR count). The molecule has 20 heavy (non-hydrogen) atoms. The minimum absolute atomic E-state index is 0.272. The SMILES string of the molecule is CC/C(CP(=O)(c1ccccc1)c1ccccc1)=N\O. The second-order valence-corrected chi connectivity index (χ2v) is 7.42. The van der Waals surface area contributed by atoms with Crippen LogP contribution in [-0.4, -0.2) is 17.1 Å². The Morgan fingerprint density at radius 3 is 1.80 bits per heavy atom. The number of hydrogen-bond acceptors (Lipinski definition) is 3. The standard InChI is InChI=1S/C16H18NO2P/c1-2-14(17-18)13-20(19,15-9-5-3-6-10-15)16-11-7-4-8-12-16/h3-12,18H,2,13H2,1H3/b17-14+. The lowest BCUT2D eigenvalue weighted by atomic mass is 10.3. The first-order chi connectivity index (χ1) is 9.70. The van der Waals surface area contributed by atoms with Crippen molar-refractivity contribution < 1.29 is 9.77 Å². The van der Waals surface area contributed by atoms with Gasteiger partial charge in [0.05, 0.1) is 11.9 Å². The highest BCUT2D eigenvalue weighted by molar-refractivity contribution is 7.79. The molecule has 2 aromatic rings. The van der Waals surface area contributed by atoms with Crippen molar-refractivity contribution in [2.75, 3.05) is 6.16 Å². The zero-order valence-corrected chi connectivity index (χ0v) is 12.3. The van der Waals surface area contributed by atoms with E-state index in [1.165, 1.54) is 0 Å². The van der Waals surface area contributed by atoms with Gasteiger partial charge in [-0.2, -0.15) is 0 Å². The van der Waals surface area contributed by atoms with E-state index in [-0.39, 0.29) is 6.16 Å². The third kappa shape index (κ3) is 3.00. The number of oxime groups is 1. The quantitative estimate of drug-likeness (QED) is 0.397. The molecule has 0 fully saturated rings. The smallest absolute Gasteiger partial charge is 0.148 e. The summed E-state index contributed by atoms with van der Waals surface area (Å²) in [6.45, 7) is 1.90. The molecule has 3 nitrogen and oxygen atoms in total. The van der Waals surface area contributed by atoms with Gasteiger partial charge in [0.1, 0.15) is 7.14 Å². The summed E-state index contributed by atoms with van der Waals surface area (Å²) >= 11 is 0. The van der Waals surface area contributed by atoms with Crippen molar-refractivity contribution in [2.24, 2.45) is 5.16 Å². The van der Waals surface area contributed by atoms with Crippen molar-refractivity contribution in [3.8, 4) is 0 Å². The van der Waals surface area contributed by atoms with Gasteiger partial charge in [-0.3, -0.25) is 0 Å². The van der Waals surface area contributed by atoms with Crippen LogP contribution in [0, 0.1) is 0 Å². The molecule has 104 valence electrons. The van der Waals surface area contributed by atoms with Gasteiger partial charge in [-0.05, 0) is 6.42 Å². The third-order valence-corrected chi connectivity index (χ3v) is 6.38. The molecule has 0 bridgehead atoms. The summed E-state index contributed by atoms with van der Waals surface area (Å²) in [4.78, 5) is 0. The molecule has 0 saturated heterocycles.